The third kappa shape index (κ3) is 12.0. The van der Waals surface area contributed by atoms with Crippen molar-refractivity contribution in [2.24, 2.45) is 0 Å². The van der Waals surface area contributed by atoms with Crippen LogP contribution in [0.2, 0.25) is 0 Å². The number of rotatable bonds is 12. The molecule has 0 aliphatic rings. The molecule has 0 aromatic carbocycles. The molecule has 0 saturated carbocycles. The van der Waals surface area contributed by atoms with Gasteiger partial charge in [-0.05, 0) is 12.8 Å². The molecule has 18 heavy (non-hydrogen) atoms. The second-order valence-electron chi connectivity index (χ2n) is 3.79. The zero-order chi connectivity index (χ0) is 13.6. The third-order valence-electron chi connectivity index (χ3n) is 2.06. The van der Waals surface area contributed by atoms with Crippen LogP contribution in [0, 0.1) is 0 Å². The minimum atomic E-state index is -0.156. The van der Waals surface area contributed by atoms with Crippen molar-refractivity contribution in [3.05, 3.63) is 0 Å². The molecule has 0 bridgehead atoms. The Morgan fingerprint density at radius 2 is 1.89 bits per heavy atom. The van der Waals surface area contributed by atoms with E-state index in [-0.39, 0.29) is 18.3 Å². The second kappa shape index (κ2) is 13.0. The zero-order valence-corrected chi connectivity index (χ0v) is 12.5. The number of hydrogen-bond donors (Lipinski definition) is 1. The normalized spacial score (nSPS) is 10.3. The first-order valence-corrected chi connectivity index (χ1v) is 7.32. The molecule has 0 rings (SSSR count). The number of Topliss-reactive ketones (excluding diaryl/α,β-unsaturated/α-hetero) is 1. The highest BCUT2D eigenvalue weighted by molar-refractivity contribution is 9.09. The number of carbonyl (C=O) groups is 2. The summed E-state index contributed by atoms with van der Waals surface area (Å²) in [6, 6.07) is 0. The minimum Gasteiger partial charge on any atom is -0.379 e. The van der Waals surface area contributed by atoms with E-state index in [0.29, 0.717) is 37.9 Å². The quantitative estimate of drug-likeness (QED) is 0.434. The molecule has 0 saturated heterocycles. The number of hydrogen-bond acceptors (Lipinski definition) is 4. The smallest absolute Gasteiger partial charge is 0.245 e. The van der Waals surface area contributed by atoms with Gasteiger partial charge in [-0.15, -0.1) is 0 Å². The molecule has 0 aliphatic heterocycles. The van der Waals surface area contributed by atoms with Gasteiger partial charge in [0.05, 0.1) is 18.5 Å². The van der Waals surface area contributed by atoms with Crippen molar-refractivity contribution in [3.63, 3.8) is 0 Å². The number of nitrogens with one attached hydrogen (secondary N) is 1. The fraction of sp³-hybridized carbons (Fsp3) is 0.833. The average Bonchev–Trinajstić information content (AvgIpc) is 2.38. The molecular weight excluding hydrogens is 302 g/mol. The maximum absolute atomic E-state index is 11.3. The number of ketones is 1. The Bertz CT molecular complexity index is 236. The standard InChI is InChI=1S/C12H22BrNO4/c1-2-6-17-7-8-18-10-12(16)14-5-3-4-11(15)9-13/h2-10H2,1H3,(H,14,16). The molecule has 106 valence electrons. The van der Waals surface area contributed by atoms with Crippen molar-refractivity contribution >= 4 is 27.6 Å². The van der Waals surface area contributed by atoms with Crippen LogP contribution in [0.1, 0.15) is 26.2 Å². The molecule has 0 aromatic heterocycles. The van der Waals surface area contributed by atoms with Crippen LogP contribution < -0.4 is 5.32 Å². The van der Waals surface area contributed by atoms with E-state index in [1.807, 2.05) is 6.92 Å². The lowest BCUT2D eigenvalue weighted by Gasteiger charge is -2.06. The Hall–Kier alpha value is -0.460. The van der Waals surface area contributed by atoms with Crippen molar-refractivity contribution in [3.8, 4) is 0 Å². The summed E-state index contributed by atoms with van der Waals surface area (Å²) in [6.07, 6.45) is 2.13. The van der Waals surface area contributed by atoms with Gasteiger partial charge in [-0.3, -0.25) is 9.59 Å². The summed E-state index contributed by atoms with van der Waals surface area (Å²) in [7, 11) is 0. The molecule has 0 fully saturated rings. The summed E-state index contributed by atoms with van der Waals surface area (Å²) in [5.41, 5.74) is 0. The first kappa shape index (κ1) is 17.5. The Balaban J connectivity index is 3.25. The van der Waals surface area contributed by atoms with E-state index in [0.717, 1.165) is 13.0 Å². The highest BCUT2D eigenvalue weighted by Gasteiger charge is 2.02. The average molecular weight is 324 g/mol. The topological polar surface area (TPSA) is 64.6 Å². The van der Waals surface area contributed by atoms with Crippen LogP contribution in [0.15, 0.2) is 0 Å². The van der Waals surface area contributed by atoms with E-state index in [1.165, 1.54) is 0 Å². The minimum absolute atomic E-state index is 0.0435. The van der Waals surface area contributed by atoms with Gasteiger partial charge in [0, 0.05) is 19.6 Å². The van der Waals surface area contributed by atoms with E-state index in [1.54, 1.807) is 0 Å². The van der Waals surface area contributed by atoms with Crippen LogP contribution in [-0.4, -0.2) is 50.0 Å². The van der Waals surface area contributed by atoms with Gasteiger partial charge in [-0.2, -0.15) is 0 Å². The summed E-state index contributed by atoms with van der Waals surface area (Å²) in [5.74, 6) is -0.00893. The largest absolute Gasteiger partial charge is 0.379 e. The predicted molar refractivity (Wildman–Crippen MR) is 73.0 cm³/mol. The first-order valence-electron chi connectivity index (χ1n) is 6.20. The van der Waals surface area contributed by atoms with E-state index >= 15 is 0 Å². The number of amides is 1. The lowest BCUT2D eigenvalue weighted by molar-refractivity contribution is -0.126. The predicted octanol–water partition coefficient (Wildman–Crippen LogP) is 1.29. The molecule has 5 nitrogen and oxygen atoms in total. The fourth-order valence-electron chi connectivity index (χ4n) is 1.16. The number of carbonyl (C=O) groups excluding carboxylic acids is 2. The Morgan fingerprint density at radius 1 is 1.17 bits per heavy atom. The lowest BCUT2D eigenvalue weighted by Crippen LogP contribution is -2.29. The highest BCUT2D eigenvalue weighted by Crippen LogP contribution is 1.93. The summed E-state index contributed by atoms with van der Waals surface area (Å²) in [4.78, 5) is 22.2. The third-order valence-corrected chi connectivity index (χ3v) is 2.68. The van der Waals surface area contributed by atoms with E-state index in [2.05, 4.69) is 21.2 Å². The van der Waals surface area contributed by atoms with Gasteiger partial charge in [0.25, 0.3) is 0 Å². The Labute approximate surface area is 117 Å². The lowest BCUT2D eigenvalue weighted by atomic mass is 10.2. The van der Waals surface area contributed by atoms with Gasteiger partial charge in [0.1, 0.15) is 12.4 Å². The van der Waals surface area contributed by atoms with Gasteiger partial charge in [-0.25, -0.2) is 0 Å². The van der Waals surface area contributed by atoms with Crippen LogP contribution in [0.5, 0.6) is 0 Å². The van der Waals surface area contributed by atoms with Crippen molar-refractivity contribution in [2.75, 3.05) is 38.3 Å². The van der Waals surface area contributed by atoms with Crippen LogP contribution in [0.4, 0.5) is 0 Å². The molecule has 0 aliphatic carbocycles. The molecule has 0 radical (unpaired) electrons. The van der Waals surface area contributed by atoms with Crippen LogP contribution in [0.3, 0.4) is 0 Å². The van der Waals surface area contributed by atoms with Gasteiger partial charge in [0.2, 0.25) is 5.91 Å². The molecule has 0 heterocycles. The van der Waals surface area contributed by atoms with Crippen molar-refractivity contribution < 1.29 is 19.1 Å². The monoisotopic (exact) mass is 323 g/mol. The number of alkyl halides is 1. The zero-order valence-electron chi connectivity index (χ0n) is 10.9. The van der Waals surface area contributed by atoms with Crippen LogP contribution >= 0.6 is 15.9 Å². The fourth-order valence-corrected chi connectivity index (χ4v) is 1.44. The molecule has 6 heteroatoms. The number of halogens is 1. The summed E-state index contributed by atoms with van der Waals surface area (Å²) in [5, 5.41) is 3.07. The van der Waals surface area contributed by atoms with Crippen molar-refractivity contribution in [1.29, 1.82) is 0 Å². The Morgan fingerprint density at radius 3 is 2.56 bits per heavy atom. The van der Waals surface area contributed by atoms with E-state index in [9.17, 15) is 9.59 Å². The molecule has 0 spiro atoms. The second-order valence-corrected chi connectivity index (χ2v) is 4.35. The van der Waals surface area contributed by atoms with Gasteiger partial charge in [0.15, 0.2) is 0 Å². The van der Waals surface area contributed by atoms with Crippen molar-refractivity contribution in [2.45, 2.75) is 26.2 Å². The van der Waals surface area contributed by atoms with E-state index in [4.69, 9.17) is 9.47 Å². The van der Waals surface area contributed by atoms with E-state index < -0.39 is 0 Å². The maximum Gasteiger partial charge on any atom is 0.245 e. The van der Waals surface area contributed by atoms with Gasteiger partial charge < -0.3 is 14.8 Å². The molecule has 0 unspecified atom stereocenters. The summed E-state index contributed by atoms with van der Waals surface area (Å²) >= 11 is 3.09. The first-order chi connectivity index (χ1) is 8.70. The molecule has 0 aromatic rings. The summed E-state index contributed by atoms with van der Waals surface area (Å²) < 4.78 is 10.3. The SMILES string of the molecule is CCCOCCOCC(=O)NCCCC(=O)CBr. The van der Waals surface area contributed by atoms with Crippen LogP contribution in [0.25, 0.3) is 0 Å². The highest BCUT2D eigenvalue weighted by atomic mass is 79.9. The van der Waals surface area contributed by atoms with Gasteiger partial charge in [-0.1, -0.05) is 22.9 Å². The molecule has 1 amide bonds. The molecular formula is C12H22BrNO4. The maximum atomic E-state index is 11.3. The van der Waals surface area contributed by atoms with Crippen LogP contribution in [-0.2, 0) is 19.1 Å². The summed E-state index contributed by atoms with van der Waals surface area (Å²) in [6.45, 7) is 4.25. The molecule has 1 N–H and O–H groups in total. The molecule has 0 atom stereocenters. The van der Waals surface area contributed by atoms with Crippen molar-refractivity contribution in [1.82, 2.24) is 5.32 Å². The number of ether oxygens (including phenoxy) is 2. The Kier molecular flexibility index (Phi) is 12.7. The van der Waals surface area contributed by atoms with Gasteiger partial charge >= 0.3 is 0 Å².